The molecule has 5 heterocycles. The number of fused-ring (bicyclic) bond motifs is 9. The van der Waals surface area contributed by atoms with E-state index in [0.717, 1.165) is 83.7 Å². The number of aliphatic hydroxyl groups excluding tert-OH is 3. The van der Waals surface area contributed by atoms with E-state index in [9.17, 15) is 24.9 Å². The molecule has 10 N–H and O–H groups in total. The van der Waals surface area contributed by atoms with Crippen LogP contribution in [0.25, 0.3) is 0 Å². The van der Waals surface area contributed by atoms with Gasteiger partial charge >= 0.3 is 5.97 Å². The average molecular weight is 798 g/mol. The van der Waals surface area contributed by atoms with Gasteiger partial charge in [-0.05, 0) is 151 Å². The number of nitrogens with two attached hydrogens (primary N) is 3. The maximum Gasteiger partial charge on any atom is 0.333 e. The highest BCUT2D eigenvalue weighted by Crippen LogP contribution is 2.62. The van der Waals surface area contributed by atoms with Crippen LogP contribution in [0.5, 0.6) is 0 Å². The van der Waals surface area contributed by atoms with E-state index < -0.39 is 48.0 Å². The van der Waals surface area contributed by atoms with E-state index in [4.69, 9.17) is 25.7 Å². The molecule has 0 radical (unpaired) electrons. The van der Waals surface area contributed by atoms with Gasteiger partial charge in [-0.2, -0.15) is 0 Å². The molecule has 22 atom stereocenters. The molecule has 57 heavy (non-hydrogen) atoms. The SMILES string of the molecule is CC=C(C)C(=O)OC1CC2C(O)C3C(=O)CC(CO)OC3C3C4CC5CC(O)CCC5CCC(C5CCC6CC(N)[NH2+]CC6CC5C1(C)OC23)C1C(N)NCCC41. The Bertz CT molecular complexity index is 1530. The number of ketones is 1. The van der Waals surface area contributed by atoms with Crippen molar-refractivity contribution in [3.8, 4) is 0 Å². The quantitative estimate of drug-likeness (QED) is 0.163. The van der Waals surface area contributed by atoms with Gasteiger partial charge in [-0.1, -0.05) is 6.08 Å². The van der Waals surface area contributed by atoms with Crippen molar-refractivity contribution < 1.29 is 44.4 Å². The molecule has 9 fully saturated rings. The predicted molar refractivity (Wildman–Crippen MR) is 211 cm³/mol. The molecule has 9 rings (SSSR count). The Labute approximate surface area is 339 Å². The number of nitrogens with one attached hydrogen (secondary N) is 1. The van der Waals surface area contributed by atoms with Crippen molar-refractivity contribution in [1.82, 2.24) is 5.32 Å². The maximum atomic E-state index is 14.3. The third-order valence-electron chi connectivity index (χ3n) is 18.3. The lowest BCUT2D eigenvalue weighted by Crippen LogP contribution is -2.96. The number of esters is 1. The summed E-state index contributed by atoms with van der Waals surface area (Å²) in [7, 11) is 0. The molecule has 12 nitrogen and oxygen atoms in total. The van der Waals surface area contributed by atoms with Gasteiger partial charge in [0.1, 0.15) is 23.7 Å². The summed E-state index contributed by atoms with van der Waals surface area (Å²) in [6, 6.07) is 0. The van der Waals surface area contributed by atoms with Gasteiger partial charge in [0.25, 0.3) is 0 Å². The fourth-order valence-electron chi connectivity index (χ4n) is 15.5. The van der Waals surface area contributed by atoms with Crippen molar-refractivity contribution >= 4 is 11.8 Å². The predicted octanol–water partition coefficient (Wildman–Crippen LogP) is 1.97. The van der Waals surface area contributed by atoms with Gasteiger partial charge in [0.2, 0.25) is 0 Å². The van der Waals surface area contributed by atoms with Crippen molar-refractivity contribution in [1.29, 1.82) is 0 Å². The van der Waals surface area contributed by atoms with Gasteiger partial charge in [-0.25, -0.2) is 4.79 Å². The third-order valence-corrected chi connectivity index (χ3v) is 18.3. The summed E-state index contributed by atoms with van der Waals surface area (Å²) in [5, 5.41) is 40.3. The van der Waals surface area contributed by atoms with E-state index in [2.05, 4.69) is 17.6 Å². The largest absolute Gasteiger partial charge is 0.456 e. The number of quaternary nitrogens is 1. The number of allylic oxidation sites excluding steroid dienone is 1. The average Bonchev–Trinajstić information content (AvgIpc) is 3.34. The second-order valence-electron chi connectivity index (χ2n) is 20.8. The smallest absolute Gasteiger partial charge is 0.333 e. The van der Waals surface area contributed by atoms with E-state index in [1.54, 1.807) is 13.0 Å². The summed E-state index contributed by atoms with van der Waals surface area (Å²) in [5.74, 6) is 0.942. The van der Waals surface area contributed by atoms with Crippen LogP contribution >= 0.6 is 0 Å². The van der Waals surface area contributed by atoms with Gasteiger partial charge in [0.15, 0.2) is 0 Å². The van der Waals surface area contributed by atoms with Crippen molar-refractivity contribution in [3.63, 3.8) is 0 Å². The van der Waals surface area contributed by atoms with Gasteiger partial charge in [-0.3, -0.25) is 10.5 Å². The molecule has 0 aromatic heterocycles. The van der Waals surface area contributed by atoms with Crippen molar-refractivity contribution in [2.45, 2.75) is 159 Å². The molecular weight excluding hydrogens is 725 g/mol. The number of rotatable bonds is 3. The summed E-state index contributed by atoms with van der Waals surface area (Å²) in [6.45, 7) is 7.39. The fraction of sp³-hybridized carbons (Fsp3) is 0.911. The van der Waals surface area contributed by atoms with Gasteiger partial charge in [0.05, 0.1) is 55.8 Å². The summed E-state index contributed by atoms with van der Waals surface area (Å²) in [5.41, 5.74) is 13.7. The first kappa shape index (κ1) is 40.9. The Kier molecular flexibility index (Phi) is 11.5. The van der Waals surface area contributed by atoms with Crippen molar-refractivity contribution in [3.05, 3.63) is 11.6 Å². The Morgan fingerprint density at radius 1 is 0.895 bits per heavy atom. The zero-order valence-corrected chi connectivity index (χ0v) is 34.6. The molecule has 5 saturated heterocycles. The van der Waals surface area contributed by atoms with Crippen LogP contribution in [0, 0.1) is 76.9 Å². The lowest BCUT2D eigenvalue weighted by Gasteiger charge is -2.64. The second-order valence-corrected chi connectivity index (χ2v) is 20.8. The zero-order valence-electron chi connectivity index (χ0n) is 34.6. The Morgan fingerprint density at radius 2 is 1.65 bits per heavy atom. The lowest BCUT2D eigenvalue weighted by molar-refractivity contribution is -0.706. The molecule has 320 valence electrons. The number of hydrogen-bond acceptors (Lipinski definition) is 11. The Hall–Kier alpha value is -1.48. The molecule has 0 spiro atoms. The van der Waals surface area contributed by atoms with E-state index in [-0.39, 0.29) is 78.7 Å². The molecule has 4 bridgehead atoms. The van der Waals surface area contributed by atoms with E-state index >= 15 is 0 Å². The Balaban J connectivity index is 1.26. The number of carbonyl (C=O) groups excluding carboxylic acids is 2. The minimum absolute atomic E-state index is 0.0514. The standard InChI is InChI=1S/C45H72N4O8/c1-4-21(2)44(54)56-35-18-32-40(53)39-34(52)17-27(20-50)55-42(39)38-31-14-24-13-26(51)8-5-22(24)6-10-29(37-30(31)11-12-48-43(37)47)28-9-7-23-16-36(46)49-19-25(23)15-33(28)45(35,3)57-41(32)38/h4,22-33,35-43,48-51,53H,5-20,46-47H2,1-3H3/p+1. The molecule has 0 aromatic rings. The van der Waals surface area contributed by atoms with Crippen LogP contribution in [-0.2, 0) is 23.8 Å². The number of ether oxygens (including phenoxy) is 3. The van der Waals surface area contributed by atoms with Crippen molar-refractivity contribution in [2.24, 2.45) is 88.4 Å². The van der Waals surface area contributed by atoms with Gasteiger partial charge in [0, 0.05) is 36.2 Å². The van der Waals surface area contributed by atoms with Gasteiger partial charge in [-0.15, -0.1) is 0 Å². The van der Waals surface area contributed by atoms with E-state index in [1.165, 1.54) is 0 Å². The topological polar surface area (TPSA) is 203 Å². The molecule has 12 heteroatoms. The number of Topliss-reactive ketones (excluding diaryl/α,β-unsaturated/α-hetero) is 1. The molecule has 0 amide bonds. The normalized spacial score (nSPS) is 53.9. The third kappa shape index (κ3) is 7.10. The minimum atomic E-state index is -1.04. The van der Waals surface area contributed by atoms with Crippen LogP contribution in [0.15, 0.2) is 11.6 Å². The van der Waals surface area contributed by atoms with Crippen LogP contribution < -0.4 is 22.1 Å². The van der Waals surface area contributed by atoms with Crippen LogP contribution in [0.4, 0.5) is 0 Å². The molecule has 4 saturated carbocycles. The molecular formula is C45H73N4O8+. The lowest BCUT2D eigenvalue weighted by atomic mass is 9.51. The highest BCUT2D eigenvalue weighted by atomic mass is 16.6. The second kappa shape index (κ2) is 16.1. The van der Waals surface area contributed by atoms with Gasteiger partial charge < -0.3 is 45.9 Å². The van der Waals surface area contributed by atoms with Crippen LogP contribution in [-0.4, -0.2) is 101 Å². The number of carbonyl (C=O) groups is 2. The summed E-state index contributed by atoms with van der Waals surface area (Å²) in [4.78, 5) is 28.2. The first-order valence-electron chi connectivity index (χ1n) is 23.1. The number of hydrogen-bond donors (Lipinski definition) is 7. The summed E-state index contributed by atoms with van der Waals surface area (Å²) >= 11 is 0. The van der Waals surface area contributed by atoms with Crippen LogP contribution in [0.3, 0.4) is 0 Å². The zero-order chi connectivity index (χ0) is 39.9. The number of piperidine rings is 2. The monoisotopic (exact) mass is 798 g/mol. The van der Waals surface area contributed by atoms with E-state index in [0.29, 0.717) is 41.6 Å². The maximum absolute atomic E-state index is 14.3. The van der Waals surface area contributed by atoms with Crippen molar-refractivity contribution in [2.75, 3.05) is 19.7 Å². The number of aliphatic hydroxyl groups is 3. The van der Waals surface area contributed by atoms with E-state index in [1.807, 2.05) is 6.92 Å². The Morgan fingerprint density at radius 3 is 2.44 bits per heavy atom. The van der Waals surface area contributed by atoms with Crippen LogP contribution in [0.2, 0.25) is 0 Å². The summed E-state index contributed by atoms with van der Waals surface area (Å²) in [6.07, 6.45) is 9.16. The molecule has 4 aliphatic carbocycles. The molecule has 9 aliphatic rings. The summed E-state index contributed by atoms with van der Waals surface area (Å²) < 4.78 is 21.5. The minimum Gasteiger partial charge on any atom is -0.456 e. The molecule has 5 aliphatic heterocycles. The molecule has 22 unspecified atom stereocenters. The highest BCUT2D eigenvalue weighted by Gasteiger charge is 2.67. The first-order chi connectivity index (χ1) is 27.4. The fourth-order valence-corrected chi connectivity index (χ4v) is 15.5. The molecule has 0 aromatic carbocycles. The first-order valence-corrected chi connectivity index (χ1v) is 23.1. The van der Waals surface area contributed by atoms with Crippen LogP contribution in [0.1, 0.15) is 104 Å². The highest BCUT2D eigenvalue weighted by molar-refractivity contribution is 5.87.